The first-order valence-electron chi connectivity index (χ1n) is 6.85. The highest BCUT2D eigenvalue weighted by Gasteiger charge is 2.32. The zero-order chi connectivity index (χ0) is 14.9. The highest BCUT2D eigenvalue weighted by molar-refractivity contribution is 7.89. The van der Waals surface area contributed by atoms with Gasteiger partial charge in [-0.15, -0.1) is 0 Å². The lowest BCUT2D eigenvalue weighted by molar-refractivity contribution is 0.243. The Bertz CT molecular complexity index is 587. The summed E-state index contributed by atoms with van der Waals surface area (Å²) < 4.78 is 27.0. The summed E-state index contributed by atoms with van der Waals surface area (Å²) in [4.78, 5) is 0.199. The highest BCUT2D eigenvalue weighted by Crippen LogP contribution is 2.30. The number of aryl methyl sites for hydroxylation is 1. The van der Waals surface area contributed by atoms with Gasteiger partial charge in [0.25, 0.3) is 0 Å². The van der Waals surface area contributed by atoms with E-state index in [1.807, 2.05) is 19.9 Å². The molecule has 1 fully saturated rings. The monoisotopic (exact) mass is 316 g/mol. The van der Waals surface area contributed by atoms with Gasteiger partial charge >= 0.3 is 0 Å². The zero-order valence-electron chi connectivity index (χ0n) is 11.8. The van der Waals surface area contributed by atoms with Crippen molar-refractivity contribution in [3.05, 3.63) is 28.8 Å². The number of benzene rings is 1. The summed E-state index contributed by atoms with van der Waals surface area (Å²) in [7, 11) is -3.54. The summed E-state index contributed by atoms with van der Waals surface area (Å²) in [6.07, 6.45) is 1.82. The maximum atomic E-state index is 12.7. The minimum Gasteiger partial charge on any atom is -0.328 e. The smallest absolute Gasteiger partial charge is 0.244 e. The molecule has 2 N–H and O–H groups in total. The van der Waals surface area contributed by atoms with E-state index in [1.54, 1.807) is 12.1 Å². The number of hydrogen-bond acceptors (Lipinski definition) is 3. The number of piperidine rings is 1. The maximum absolute atomic E-state index is 12.7. The molecule has 1 aliphatic rings. The lowest BCUT2D eigenvalue weighted by atomic mass is 9.93. The first-order valence-corrected chi connectivity index (χ1v) is 8.66. The van der Waals surface area contributed by atoms with E-state index in [-0.39, 0.29) is 16.9 Å². The quantitative estimate of drug-likeness (QED) is 0.931. The molecule has 1 aliphatic heterocycles. The van der Waals surface area contributed by atoms with Crippen molar-refractivity contribution in [2.75, 3.05) is 13.1 Å². The van der Waals surface area contributed by atoms with E-state index in [1.165, 1.54) is 4.31 Å². The summed E-state index contributed by atoms with van der Waals surface area (Å²) >= 11 is 6.17. The Labute approximate surface area is 126 Å². The van der Waals surface area contributed by atoms with Crippen LogP contribution < -0.4 is 5.73 Å². The van der Waals surface area contributed by atoms with Crippen molar-refractivity contribution < 1.29 is 8.42 Å². The van der Waals surface area contributed by atoms with Crippen LogP contribution in [0.4, 0.5) is 0 Å². The molecule has 1 heterocycles. The summed E-state index contributed by atoms with van der Waals surface area (Å²) in [6.45, 7) is 4.75. The molecular formula is C14H21ClN2O2S. The lowest BCUT2D eigenvalue weighted by Crippen LogP contribution is -2.45. The predicted molar refractivity (Wildman–Crippen MR) is 81.3 cm³/mol. The second-order valence-corrected chi connectivity index (χ2v) is 7.80. The molecule has 0 amide bonds. The number of hydrogen-bond donors (Lipinski definition) is 1. The average Bonchev–Trinajstić information content (AvgIpc) is 2.41. The Morgan fingerprint density at radius 1 is 1.45 bits per heavy atom. The van der Waals surface area contributed by atoms with Crippen LogP contribution in [0.1, 0.15) is 25.3 Å². The van der Waals surface area contributed by atoms with Crippen molar-refractivity contribution >= 4 is 21.6 Å². The van der Waals surface area contributed by atoms with Gasteiger partial charge < -0.3 is 5.73 Å². The number of sulfonamides is 1. The van der Waals surface area contributed by atoms with Gasteiger partial charge in [-0.05, 0) is 44.2 Å². The molecule has 112 valence electrons. The van der Waals surface area contributed by atoms with Gasteiger partial charge in [-0.25, -0.2) is 8.42 Å². The first-order chi connectivity index (χ1) is 9.34. The van der Waals surface area contributed by atoms with Gasteiger partial charge in [-0.1, -0.05) is 23.7 Å². The highest BCUT2D eigenvalue weighted by atomic mass is 35.5. The van der Waals surface area contributed by atoms with Crippen molar-refractivity contribution in [3.8, 4) is 0 Å². The normalized spacial score (nSPS) is 22.7. The molecule has 2 atom stereocenters. The van der Waals surface area contributed by atoms with Crippen LogP contribution in [0, 0.1) is 12.8 Å². The van der Waals surface area contributed by atoms with Crippen LogP contribution in [-0.4, -0.2) is 31.9 Å². The average molecular weight is 317 g/mol. The minimum atomic E-state index is -3.54. The van der Waals surface area contributed by atoms with Crippen LogP contribution >= 0.6 is 11.6 Å². The summed E-state index contributed by atoms with van der Waals surface area (Å²) in [6, 6.07) is 5.10. The molecule has 6 heteroatoms. The van der Waals surface area contributed by atoms with Crippen LogP contribution in [0.2, 0.25) is 5.02 Å². The third kappa shape index (κ3) is 3.01. The van der Waals surface area contributed by atoms with Gasteiger partial charge in [0.1, 0.15) is 4.90 Å². The number of halogens is 1. The Hall–Kier alpha value is -0.620. The largest absolute Gasteiger partial charge is 0.328 e. The number of rotatable bonds is 3. The third-order valence-electron chi connectivity index (χ3n) is 3.94. The molecule has 0 unspecified atom stereocenters. The van der Waals surface area contributed by atoms with Gasteiger partial charge in [0, 0.05) is 19.1 Å². The Morgan fingerprint density at radius 3 is 2.80 bits per heavy atom. The zero-order valence-corrected chi connectivity index (χ0v) is 13.4. The standard InChI is InChI=1S/C14H21ClN2O2S/c1-10-5-3-7-13(14(10)15)20(18,19)17-8-4-6-12(9-17)11(2)16/h3,5,7,11-12H,4,6,8-9,16H2,1-2H3/t11-,12+/m0/s1. The predicted octanol–water partition coefficient (Wildman–Crippen LogP) is 2.40. The molecule has 0 bridgehead atoms. The second kappa shape index (κ2) is 6.02. The van der Waals surface area contributed by atoms with Crippen LogP contribution in [0.3, 0.4) is 0 Å². The van der Waals surface area contributed by atoms with Crippen molar-refractivity contribution in [3.63, 3.8) is 0 Å². The van der Waals surface area contributed by atoms with Crippen molar-refractivity contribution in [1.29, 1.82) is 0 Å². The lowest BCUT2D eigenvalue weighted by Gasteiger charge is -2.34. The molecule has 0 spiro atoms. The van der Waals surface area contributed by atoms with Gasteiger partial charge in [-0.2, -0.15) is 4.31 Å². The van der Waals surface area contributed by atoms with E-state index in [0.717, 1.165) is 18.4 Å². The van der Waals surface area contributed by atoms with Gasteiger partial charge in [0.2, 0.25) is 10.0 Å². The Balaban J connectivity index is 2.33. The molecule has 2 rings (SSSR count). The van der Waals surface area contributed by atoms with Crippen LogP contribution in [0.25, 0.3) is 0 Å². The summed E-state index contributed by atoms with van der Waals surface area (Å²) in [5.74, 6) is 0.210. The topological polar surface area (TPSA) is 63.4 Å². The number of nitrogens with two attached hydrogens (primary N) is 1. The van der Waals surface area contributed by atoms with Gasteiger partial charge in [-0.3, -0.25) is 0 Å². The van der Waals surface area contributed by atoms with E-state index in [4.69, 9.17) is 17.3 Å². The van der Waals surface area contributed by atoms with Gasteiger partial charge in [0.05, 0.1) is 5.02 Å². The van der Waals surface area contributed by atoms with E-state index in [0.29, 0.717) is 18.1 Å². The van der Waals surface area contributed by atoms with E-state index >= 15 is 0 Å². The van der Waals surface area contributed by atoms with Gasteiger partial charge in [0.15, 0.2) is 0 Å². The second-order valence-electron chi connectivity index (χ2n) is 5.51. The van der Waals surface area contributed by atoms with E-state index in [2.05, 4.69) is 0 Å². The Morgan fingerprint density at radius 2 is 2.15 bits per heavy atom. The fourth-order valence-electron chi connectivity index (χ4n) is 2.58. The third-order valence-corrected chi connectivity index (χ3v) is 6.46. The van der Waals surface area contributed by atoms with E-state index in [9.17, 15) is 8.42 Å². The molecule has 1 aromatic rings. The van der Waals surface area contributed by atoms with Crippen LogP contribution in [-0.2, 0) is 10.0 Å². The van der Waals surface area contributed by atoms with E-state index < -0.39 is 10.0 Å². The maximum Gasteiger partial charge on any atom is 0.244 e. The molecule has 4 nitrogen and oxygen atoms in total. The fraction of sp³-hybridized carbons (Fsp3) is 0.571. The molecular weight excluding hydrogens is 296 g/mol. The first kappa shape index (κ1) is 15.8. The molecule has 0 aromatic heterocycles. The molecule has 0 aliphatic carbocycles. The SMILES string of the molecule is Cc1cccc(S(=O)(=O)N2CCC[C@@H]([C@H](C)N)C2)c1Cl. The summed E-state index contributed by atoms with van der Waals surface area (Å²) in [5, 5.41) is 0.315. The number of nitrogens with zero attached hydrogens (tertiary/aromatic N) is 1. The van der Waals surface area contributed by atoms with Crippen molar-refractivity contribution in [2.24, 2.45) is 11.7 Å². The molecule has 0 saturated carbocycles. The van der Waals surface area contributed by atoms with Crippen LogP contribution in [0.5, 0.6) is 0 Å². The van der Waals surface area contributed by atoms with Crippen molar-refractivity contribution in [1.82, 2.24) is 4.31 Å². The Kier molecular flexibility index (Phi) is 4.74. The molecule has 20 heavy (non-hydrogen) atoms. The van der Waals surface area contributed by atoms with Crippen molar-refractivity contribution in [2.45, 2.75) is 37.6 Å². The summed E-state index contributed by atoms with van der Waals surface area (Å²) in [5.41, 5.74) is 6.69. The fourth-order valence-corrected chi connectivity index (χ4v) is 4.67. The molecule has 0 radical (unpaired) electrons. The minimum absolute atomic E-state index is 0.000909. The molecule has 1 saturated heterocycles. The van der Waals surface area contributed by atoms with Crippen LogP contribution in [0.15, 0.2) is 23.1 Å². The molecule has 1 aromatic carbocycles.